The van der Waals surface area contributed by atoms with E-state index in [2.05, 4.69) is 10.2 Å². The lowest BCUT2D eigenvalue weighted by molar-refractivity contribution is 0.0162. The second-order valence-electron chi connectivity index (χ2n) is 6.02. The molecule has 148 valence electrons. The number of hydrogen-bond donors (Lipinski definition) is 2. The Morgan fingerprint density at radius 2 is 1.85 bits per heavy atom. The molecular weight excluding hydrogens is 409 g/mol. The minimum Gasteiger partial charge on any atom is -0.399 e. The van der Waals surface area contributed by atoms with E-state index in [-0.39, 0.29) is 36.8 Å². The molecule has 3 rings (SSSR count). The van der Waals surface area contributed by atoms with Gasteiger partial charge in [-0.25, -0.2) is 0 Å². The molecule has 27 heavy (non-hydrogen) atoms. The summed E-state index contributed by atoms with van der Waals surface area (Å²) in [6.45, 7) is 3.46. The highest BCUT2D eigenvalue weighted by atomic mass is 35.5. The van der Waals surface area contributed by atoms with E-state index in [0.717, 1.165) is 18.7 Å². The first-order chi connectivity index (χ1) is 12.1. The molecule has 0 aromatic heterocycles. The third-order valence-electron chi connectivity index (χ3n) is 4.36. The Hall–Kier alpha value is -1.50. The van der Waals surface area contributed by atoms with E-state index in [9.17, 15) is 4.79 Å². The van der Waals surface area contributed by atoms with E-state index in [1.165, 1.54) is 0 Å². The maximum absolute atomic E-state index is 12.5. The van der Waals surface area contributed by atoms with Gasteiger partial charge < -0.3 is 15.8 Å². The molecule has 2 aromatic rings. The van der Waals surface area contributed by atoms with Gasteiger partial charge in [0, 0.05) is 35.9 Å². The van der Waals surface area contributed by atoms with Crippen molar-refractivity contribution in [2.24, 2.45) is 0 Å². The Labute approximate surface area is 177 Å². The highest BCUT2D eigenvalue weighted by molar-refractivity contribution is 6.31. The van der Waals surface area contributed by atoms with Crippen molar-refractivity contribution in [2.75, 3.05) is 38.6 Å². The van der Waals surface area contributed by atoms with Crippen molar-refractivity contribution in [2.45, 2.75) is 6.04 Å². The Kier molecular flexibility index (Phi) is 9.91. The summed E-state index contributed by atoms with van der Waals surface area (Å²) in [5.41, 5.74) is 7.90. The van der Waals surface area contributed by atoms with Crippen LogP contribution in [0.3, 0.4) is 0 Å². The number of ether oxygens (including phenoxy) is 1. The number of nitrogens with zero attached hydrogens (tertiary/aromatic N) is 1. The third kappa shape index (κ3) is 6.26. The molecule has 1 saturated heterocycles. The summed E-state index contributed by atoms with van der Waals surface area (Å²) in [4.78, 5) is 14.8. The van der Waals surface area contributed by atoms with Gasteiger partial charge in [-0.05, 0) is 29.8 Å². The topological polar surface area (TPSA) is 67.6 Å². The predicted octanol–water partition coefficient (Wildman–Crippen LogP) is 3.57. The molecule has 5 nitrogen and oxygen atoms in total. The molecule has 0 bridgehead atoms. The van der Waals surface area contributed by atoms with E-state index in [4.69, 9.17) is 22.1 Å². The van der Waals surface area contributed by atoms with E-state index >= 15 is 0 Å². The van der Waals surface area contributed by atoms with Gasteiger partial charge in [-0.3, -0.25) is 9.69 Å². The zero-order valence-electron chi connectivity index (χ0n) is 14.8. The van der Waals surface area contributed by atoms with Gasteiger partial charge in [0.2, 0.25) is 0 Å². The molecule has 0 saturated carbocycles. The molecule has 1 fully saturated rings. The van der Waals surface area contributed by atoms with Crippen LogP contribution in [0.1, 0.15) is 22.0 Å². The van der Waals surface area contributed by atoms with Gasteiger partial charge in [-0.15, -0.1) is 24.8 Å². The van der Waals surface area contributed by atoms with Crippen LogP contribution in [0.5, 0.6) is 0 Å². The zero-order valence-corrected chi connectivity index (χ0v) is 17.2. The largest absolute Gasteiger partial charge is 0.399 e. The molecule has 3 N–H and O–H groups in total. The van der Waals surface area contributed by atoms with Gasteiger partial charge in [0.05, 0.1) is 19.3 Å². The molecule has 0 spiro atoms. The maximum atomic E-state index is 12.5. The molecule has 1 unspecified atom stereocenters. The number of amides is 1. The molecule has 1 atom stereocenters. The summed E-state index contributed by atoms with van der Waals surface area (Å²) >= 11 is 6.40. The van der Waals surface area contributed by atoms with E-state index in [1.807, 2.05) is 24.3 Å². The number of nitrogens with one attached hydrogen (secondary N) is 1. The number of nitrogen functional groups attached to an aromatic ring is 1. The number of carbonyl (C=O) groups is 1. The first-order valence-electron chi connectivity index (χ1n) is 8.35. The molecule has 8 heteroatoms. The Morgan fingerprint density at radius 1 is 1.15 bits per heavy atom. The van der Waals surface area contributed by atoms with Crippen LogP contribution in [0.25, 0.3) is 0 Å². The van der Waals surface area contributed by atoms with Crippen molar-refractivity contribution in [3.05, 3.63) is 64.7 Å². The van der Waals surface area contributed by atoms with Crippen LogP contribution in [0.2, 0.25) is 5.02 Å². The van der Waals surface area contributed by atoms with Crippen LogP contribution in [0.4, 0.5) is 5.69 Å². The Bertz CT molecular complexity index is 740. The predicted molar refractivity (Wildman–Crippen MR) is 114 cm³/mol. The summed E-state index contributed by atoms with van der Waals surface area (Å²) < 4.78 is 5.45. The standard InChI is InChI=1S/C19H22ClN3O2.2ClH/c20-17-7-2-1-6-16(17)18(23-8-10-25-11-9-23)13-22-19(24)14-4-3-5-15(21)12-14;;/h1-7,12,18H,8-11,13,21H2,(H,22,24);2*1H. The van der Waals surface area contributed by atoms with Gasteiger partial charge >= 0.3 is 0 Å². The van der Waals surface area contributed by atoms with Crippen molar-refractivity contribution in [1.82, 2.24) is 10.2 Å². The molecule has 1 amide bonds. The minimum absolute atomic E-state index is 0. The highest BCUT2D eigenvalue weighted by Crippen LogP contribution is 2.27. The quantitative estimate of drug-likeness (QED) is 0.709. The van der Waals surface area contributed by atoms with Crippen molar-refractivity contribution >= 4 is 48.0 Å². The van der Waals surface area contributed by atoms with E-state index < -0.39 is 0 Å². The molecule has 0 aliphatic carbocycles. The van der Waals surface area contributed by atoms with Crippen LogP contribution in [0.15, 0.2) is 48.5 Å². The first-order valence-corrected chi connectivity index (χ1v) is 8.73. The fourth-order valence-electron chi connectivity index (χ4n) is 3.04. The van der Waals surface area contributed by atoms with E-state index in [1.54, 1.807) is 24.3 Å². The van der Waals surface area contributed by atoms with Crippen LogP contribution < -0.4 is 11.1 Å². The van der Waals surface area contributed by atoms with Crippen molar-refractivity contribution < 1.29 is 9.53 Å². The van der Waals surface area contributed by atoms with Crippen LogP contribution in [-0.2, 0) is 4.74 Å². The summed E-state index contributed by atoms with van der Waals surface area (Å²) in [6, 6.07) is 14.7. The number of anilines is 1. The third-order valence-corrected chi connectivity index (χ3v) is 4.70. The maximum Gasteiger partial charge on any atom is 0.251 e. The van der Waals surface area contributed by atoms with Gasteiger partial charge in [-0.1, -0.05) is 35.9 Å². The second-order valence-corrected chi connectivity index (χ2v) is 6.43. The summed E-state index contributed by atoms with van der Waals surface area (Å²) in [5.74, 6) is -0.141. The van der Waals surface area contributed by atoms with Gasteiger partial charge in [0.25, 0.3) is 5.91 Å². The highest BCUT2D eigenvalue weighted by Gasteiger charge is 2.25. The first kappa shape index (κ1) is 23.5. The fourth-order valence-corrected chi connectivity index (χ4v) is 3.30. The van der Waals surface area contributed by atoms with Crippen molar-refractivity contribution in [3.8, 4) is 0 Å². The average molecular weight is 433 g/mol. The molecular formula is C19H24Cl3N3O2. The number of morpholine rings is 1. The summed E-state index contributed by atoms with van der Waals surface area (Å²) in [7, 11) is 0. The second kappa shape index (κ2) is 11.4. The lowest BCUT2D eigenvalue weighted by atomic mass is 10.0. The molecule has 1 aliphatic rings. The summed E-state index contributed by atoms with van der Waals surface area (Å²) in [6.07, 6.45) is 0. The Balaban J connectivity index is 0.00000182. The van der Waals surface area contributed by atoms with Crippen molar-refractivity contribution in [3.63, 3.8) is 0 Å². The van der Waals surface area contributed by atoms with E-state index in [0.29, 0.717) is 36.0 Å². The normalized spacial score (nSPS) is 15.1. The smallest absolute Gasteiger partial charge is 0.251 e. The number of nitrogens with two attached hydrogens (primary N) is 1. The fraction of sp³-hybridized carbons (Fsp3) is 0.316. The van der Waals surface area contributed by atoms with Crippen molar-refractivity contribution in [1.29, 1.82) is 0 Å². The SMILES string of the molecule is Cl.Cl.Nc1cccc(C(=O)NCC(c2ccccc2Cl)N2CCOCC2)c1. The molecule has 1 aliphatic heterocycles. The monoisotopic (exact) mass is 431 g/mol. The zero-order chi connectivity index (χ0) is 17.6. The van der Waals surface area contributed by atoms with Crippen LogP contribution in [0, 0.1) is 0 Å². The van der Waals surface area contributed by atoms with Gasteiger partial charge in [-0.2, -0.15) is 0 Å². The van der Waals surface area contributed by atoms with Crippen LogP contribution in [-0.4, -0.2) is 43.7 Å². The number of rotatable bonds is 5. The number of hydrogen-bond acceptors (Lipinski definition) is 4. The number of halogens is 3. The lowest BCUT2D eigenvalue weighted by Crippen LogP contribution is -2.44. The minimum atomic E-state index is -0.141. The average Bonchev–Trinajstić information content (AvgIpc) is 2.64. The van der Waals surface area contributed by atoms with Crippen LogP contribution >= 0.6 is 36.4 Å². The molecule has 2 aromatic carbocycles. The Morgan fingerprint density at radius 3 is 2.52 bits per heavy atom. The molecule has 0 radical (unpaired) electrons. The lowest BCUT2D eigenvalue weighted by Gasteiger charge is -2.35. The van der Waals surface area contributed by atoms with Gasteiger partial charge in [0.15, 0.2) is 0 Å². The molecule has 1 heterocycles. The number of benzene rings is 2. The van der Waals surface area contributed by atoms with Gasteiger partial charge in [0.1, 0.15) is 0 Å². The summed E-state index contributed by atoms with van der Waals surface area (Å²) in [5, 5.41) is 3.72. The number of carbonyl (C=O) groups excluding carboxylic acids is 1.